The van der Waals surface area contributed by atoms with Gasteiger partial charge >= 0.3 is 5.97 Å². The van der Waals surface area contributed by atoms with Crippen LogP contribution in [0.25, 0.3) is 0 Å². The molecule has 0 saturated heterocycles. The van der Waals surface area contributed by atoms with Crippen molar-refractivity contribution in [2.45, 2.75) is 72.3 Å². The third-order valence-corrected chi connectivity index (χ3v) is 3.31. The van der Waals surface area contributed by atoms with Crippen molar-refractivity contribution in [3.8, 4) is 0 Å². The minimum atomic E-state index is -0.0596. The van der Waals surface area contributed by atoms with Crippen LogP contribution in [0.5, 0.6) is 0 Å². The third kappa shape index (κ3) is 10.6. The van der Waals surface area contributed by atoms with Crippen LogP contribution in [-0.4, -0.2) is 25.2 Å². The lowest BCUT2D eigenvalue weighted by molar-refractivity contribution is -0.143. The summed E-state index contributed by atoms with van der Waals surface area (Å²) in [7, 11) is 0. The first kappa shape index (κ1) is 17.4. The van der Waals surface area contributed by atoms with E-state index in [-0.39, 0.29) is 5.97 Å². The van der Waals surface area contributed by atoms with Gasteiger partial charge in [0.25, 0.3) is 0 Å². The molecule has 0 rings (SSSR count). The van der Waals surface area contributed by atoms with Gasteiger partial charge in [0.15, 0.2) is 0 Å². The van der Waals surface area contributed by atoms with Gasteiger partial charge in [-0.25, -0.2) is 0 Å². The molecule has 18 heavy (non-hydrogen) atoms. The molecule has 0 aromatic heterocycles. The van der Waals surface area contributed by atoms with E-state index in [1.165, 1.54) is 12.8 Å². The molecule has 0 spiro atoms. The van der Waals surface area contributed by atoms with Gasteiger partial charge < -0.3 is 10.1 Å². The molecule has 0 radical (unpaired) electrons. The van der Waals surface area contributed by atoms with E-state index >= 15 is 0 Å². The molecule has 0 fully saturated rings. The maximum atomic E-state index is 11.1. The Balaban J connectivity index is 3.32. The molecule has 1 N–H and O–H groups in total. The molecule has 0 aromatic rings. The van der Waals surface area contributed by atoms with E-state index in [1.54, 1.807) is 0 Å². The number of ether oxygens (including phenoxy) is 1. The number of nitrogens with one attached hydrogen (secondary N) is 1. The molecule has 108 valence electrons. The Labute approximate surface area is 113 Å². The second-order valence-corrected chi connectivity index (χ2v) is 5.22. The van der Waals surface area contributed by atoms with Crippen molar-refractivity contribution in [3.05, 3.63) is 0 Å². The Morgan fingerprint density at radius 2 is 1.89 bits per heavy atom. The summed E-state index contributed by atoms with van der Waals surface area (Å²) in [4.78, 5) is 11.1. The van der Waals surface area contributed by atoms with Crippen molar-refractivity contribution < 1.29 is 9.53 Å². The molecular formula is C15H31NO2. The van der Waals surface area contributed by atoms with E-state index in [2.05, 4.69) is 26.1 Å². The average Bonchev–Trinajstić information content (AvgIpc) is 2.33. The largest absolute Gasteiger partial charge is 0.466 e. The van der Waals surface area contributed by atoms with Crippen LogP contribution in [0.4, 0.5) is 0 Å². The number of hydrogen-bond acceptors (Lipinski definition) is 3. The van der Waals surface area contributed by atoms with E-state index in [0.29, 0.717) is 19.1 Å². The third-order valence-electron chi connectivity index (χ3n) is 3.31. The molecule has 2 unspecified atom stereocenters. The van der Waals surface area contributed by atoms with Crippen LogP contribution < -0.4 is 5.32 Å². The first-order valence-corrected chi connectivity index (χ1v) is 7.49. The summed E-state index contributed by atoms with van der Waals surface area (Å²) in [5, 5.41) is 3.54. The number of esters is 1. The van der Waals surface area contributed by atoms with Gasteiger partial charge in [0.05, 0.1) is 6.61 Å². The lowest BCUT2D eigenvalue weighted by Gasteiger charge is -2.17. The molecular weight excluding hydrogens is 226 g/mol. The van der Waals surface area contributed by atoms with Gasteiger partial charge in [0.1, 0.15) is 0 Å². The zero-order valence-electron chi connectivity index (χ0n) is 12.6. The zero-order valence-corrected chi connectivity index (χ0v) is 12.6. The summed E-state index contributed by atoms with van der Waals surface area (Å²) in [6.45, 7) is 10.2. The fourth-order valence-electron chi connectivity index (χ4n) is 2.01. The highest BCUT2D eigenvalue weighted by Gasteiger charge is 2.06. The highest BCUT2D eigenvalue weighted by Crippen LogP contribution is 2.09. The second-order valence-electron chi connectivity index (χ2n) is 5.22. The second kappa shape index (κ2) is 11.5. The fourth-order valence-corrected chi connectivity index (χ4v) is 2.01. The normalized spacial score (nSPS) is 14.2. The van der Waals surface area contributed by atoms with Gasteiger partial charge in [0.2, 0.25) is 0 Å². The molecule has 0 heterocycles. The van der Waals surface area contributed by atoms with E-state index in [9.17, 15) is 4.79 Å². The lowest BCUT2D eigenvalue weighted by atomic mass is 10.0. The van der Waals surface area contributed by atoms with Gasteiger partial charge in [0, 0.05) is 12.5 Å². The number of rotatable bonds is 11. The predicted molar refractivity (Wildman–Crippen MR) is 76.6 cm³/mol. The molecule has 3 heteroatoms. The van der Waals surface area contributed by atoms with Gasteiger partial charge in [-0.15, -0.1) is 0 Å². The van der Waals surface area contributed by atoms with Crippen LogP contribution in [0.3, 0.4) is 0 Å². The van der Waals surface area contributed by atoms with Crippen molar-refractivity contribution in [3.63, 3.8) is 0 Å². The summed E-state index contributed by atoms with van der Waals surface area (Å²) < 4.78 is 4.89. The van der Waals surface area contributed by atoms with E-state index in [4.69, 9.17) is 4.74 Å². The standard InChI is InChI=1S/C15H31NO2/c1-5-13(3)12-14(4)16-11-9-7-8-10-15(17)18-6-2/h13-14,16H,5-12H2,1-4H3. The highest BCUT2D eigenvalue weighted by atomic mass is 16.5. The molecule has 0 aromatic carbocycles. The van der Waals surface area contributed by atoms with Crippen LogP contribution >= 0.6 is 0 Å². The minimum Gasteiger partial charge on any atom is -0.466 e. The number of carbonyl (C=O) groups excluding carboxylic acids is 1. The molecule has 3 nitrogen and oxygen atoms in total. The van der Waals surface area contributed by atoms with Crippen LogP contribution in [0, 0.1) is 5.92 Å². The number of unbranched alkanes of at least 4 members (excludes halogenated alkanes) is 2. The van der Waals surface area contributed by atoms with Crippen molar-refractivity contribution >= 4 is 5.97 Å². The molecule has 2 atom stereocenters. The van der Waals surface area contributed by atoms with Gasteiger partial charge in [-0.2, -0.15) is 0 Å². The summed E-state index contributed by atoms with van der Waals surface area (Å²) in [5.41, 5.74) is 0. The highest BCUT2D eigenvalue weighted by molar-refractivity contribution is 5.69. The van der Waals surface area contributed by atoms with Crippen LogP contribution in [0.15, 0.2) is 0 Å². The SMILES string of the molecule is CCOC(=O)CCCCCNC(C)CC(C)CC. The zero-order chi connectivity index (χ0) is 13.8. The molecule has 0 amide bonds. The monoisotopic (exact) mass is 257 g/mol. The quantitative estimate of drug-likeness (QED) is 0.454. The summed E-state index contributed by atoms with van der Waals surface area (Å²) in [5.74, 6) is 0.743. The topological polar surface area (TPSA) is 38.3 Å². The maximum absolute atomic E-state index is 11.1. The maximum Gasteiger partial charge on any atom is 0.305 e. The van der Waals surface area contributed by atoms with E-state index < -0.39 is 0 Å². The van der Waals surface area contributed by atoms with Crippen molar-refractivity contribution in [1.29, 1.82) is 0 Å². The molecule has 0 aliphatic rings. The van der Waals surface area contributed by atoms with Crippen LogP contribution in [0.1, 0.15) is 66.2 Å². The summed E-state index contributed by atoms with van der Waals surface area (Å²) >= 11 is 0. The lowest BCUT2D eigenvalue weighted by Crippen LogP contribution is -2.28. The van der Waals surface area contributed by atoms with Gasteiger partial charge in [-0.05, 0) is 45.6 Å². The first-order valence-electron chi connectivity index (χ1n) is 7.49. The first-order chi connectivity index (χ1) is 8.60. The Bertz CT molecular complexity index is 207. The van der Waals surface area contributed by atoms with E-state index in [1.807, 2.05) is 6.92 Å². The summed E-state index contributed by atoms with van der Waals surface area (Å²) in [6, 6.07) is 0.602. The van der Waals surface area contributed by atoms with Gasteiger partial charge in [-0.1, -0.05) is 26.7 Å². The Kier molecular flexibility index (Phi) is 11.2. The van der Waals surface area contributed by atoms with Gasteiger partial charge in [-0.3, -0.25) is 4.79 Å². The van der Waals surface area contributed by atoms with Crippen LogP contribution in [0.2, 0.25) is 0 Å². The van der Waals surface area contributed by atoms with Crippen molar-refractivity contribution in [2.24, 2.45) is 5.92 Å². The molecule has 0 aliphatic carbocycles. The van der Waals surface area contributed by atoms with Crippen molar-refractivity contribution in [2.75, 3.05) is 13.2 Å². The Morgan fingerprint density at radius 3 is 2.50 bits per heavy atom. The molecule has 0 bridgehead atoms. The summed E-state index contributed by atoms with van der Waals surface area (Å²) in [6.07, 6.45) is 6.26. The van der Waals surface area contributed by atoms with Crippen LogP contribution in [-0.2, 0) is 9.53 Å². The number of carbonyl (C=O) groups is 1. The smallest absolute Gasteiger partial charge is 0.305 e. The Hall–Kier alpha value is -0.570. The molecule has 0 saturated carbocycles. The van der Waals surface area contributed by atoms with Crippen molar-refractivity contribution in [1.82, 2.24) is 5.32 Å². The molecule has 0 aliphatic heterocycles. The fraction of sp³-hybridized carbons (Fsp3) is 0.933. The number of hydrogen-bond donors (Lipinski definition) is 1. The minimum absolute atomic E-state index is 0.0596. The van der Waals surface area contributed by atoms with E-state index in [0.717, 1.165) is 31.7 Å². The Morgan fingerprint density at radius 1 is 1.17 bits per heavy atom. The predicted octanol–water partition coefficient (Wildman–Crippen LogP) is 3.52. The average molecular weight is 257 g/mol.